The average Bonchev–Trinajstić information content (AvgIpc) is 2.93. The highest BCUT2D eigenvalue weighted by molar-refractivity contribution is 5.65. The van der Waals surface area contributed by atoms with Gasteiger partial charge in [-0.25, -0.2) is 9.97 Å². The molecule has 2 aromatic rings. The lowest BCUT2D eigenvalue weighted by atomic mass is 9.85. The van der Waals surface area contributed by atoms with Gasteiger partial charge in [0, 0.05) is 26.0 Å². The van der Waals surface area contributed by atoms with Gasteiger partial charge in [-0.15, -0.1) is 0 Å². The molecular weight excluding hydrogens is 254 g/mol. The number of nitrogens with one attached hydrogen (secondary N) is 2. The zero-order valence-corrected chi connectivity index (χ0v) is 11.8. The lowest BCUT2D eigenvalue weighted by Crippen LogP contribution is -2.39. The molecule has 0 amide bonds. The lowest BCUT2D eigenvalue weighted by Gasteiger charge is -2.32. The van der Waals surface area contributed by atoms with Gasteiger partial charge in [-0.2, -0.15) is 0 Å². The van der Waals surface area contributed by atoms with Crippen LogP contribution in [-0.4, -0.2) is 38.7 Å². The smallest absolute Gasteiger partial charge is 0.180 e. The summed E-state index contributed by atoms with van der Waals surface area (Å²) >= 11 is 0. The highest BCUT2D eigenvalue weighted by atomic mass is 16.3. The first kappa shape index (κ1) is 13.2. The number of nitrogens with zero attached hydrogens (tertiary/aromatic N) is 3. The standard InChI is InChI=1S/C14H21N5O/c1-15-11-9-19-8-7-16-13(19)12(18-11)17-10-14(20)5-3-2-4-6-14/h7-9,15,20H,2-6,10H2,1H3,(H,17,18). The number of aromatic nitrogens is 3. The number of imidazole rings is 1. The summed E-state index contributed by atoms with van der Waals surface area (Å²) in [6, 6.07) is 0. The van der Waals surface area contributed by atoms with Crippen molar-refractivity contribution in [3.05, 3.63) is 18.6 Å². The topological polar surface area (TPSA) is 74.5 Å². The summed E-state index contributed by atoms with van der Waals surface area (Å²) in [5, 5.41) is 16.9. The Balaban J connectivity index is 1.81. The van der Waals surface area contributed by atoms with Crippen molar-refractivity contribution in [2.45, 2.75) is 37.7 Å². The van der Waals surface area contributed by atoms with Crippen molar-refractivity contribution in [3.63, 3.8) is 0 Å². The summed E-state index contributed by atoms with van der Waals surface area (Å²) in [6.45, 7) is 0.523. The fraction of sp³-hybridized carbons (Fsp3) is 0.571. The Morgan fingerprint density at radius 1 is 1.35 bits per heavy atom. The van der Waals surface area contributed by atoms with Gasteiger partial charge in [-0.05, 0) is 12.8 Å². The van der Waals surface area contributed by atoms with E-state index in [1.807, 2.05) is 23.8 Å². The third kappa shape index (κ3) is 2.56. The SMILES string of the molecule is CNc1cn2ccnc2c(NCC2(O)CCCCC2)n1. The van der Waals surface area contributed by atoms with Gasteiger partial charge in [0.2, 0.25) is 0 Å². The molecule has 0 spiro atoms. The van der Waals surface area contributed by atoms with E-state index in [-0.39, 0.29) is 0 Å². The Labute approximate surface area is 118 Å². The van der Waals surface area contributed by atoms with Crippen molar-refractivity contribution >= 4 is 17.3 Å². The van der Waals surface area contributed by atoms with Gasteiger partial charge < -0.3 is 20.1 Å². The van der Waals surface area contributed by atoms with E-state index >= 15 is 0 Å². The predicted octanol–water partition coefficient (Wildman–Crippen LogP) is 1.88. The van der Waals surface area contributed by atoms with Crippen LogP contribution in [0.5, 0.6) is 0 Å². The molecule has 2 heterocycles. The quantitative estimate of drug-likeness (QED) is 0.794. The molecule has 3 rings (SSSR count). The monoisotopic (exact) mass is 275 g/mol. The van der Waals surface area contributed by atoms with Gasteiger partial charge in [0.05, 0.1) is 11.8 Å². The van der Waals surface area contributed by atoms with E-state index in [0.29, 0.717) is 12.4 Å². The van der Waals surface area contributed by atoms with E-state index in [1.54, 1.807) is 6.20 Å². The number of fused-ring (bicyclic) bond motifs is 1. The zero-order chi connectivity index (χ0) is 14.0. The van der Waals surface area contributed by atoms with Gasteiger partial charge in [-0.1, -0.05) is 19.3 Å². The van der Waals surface area contributed by atoms with Gasteiger partial charge in [0.1, 0.15) is 5.82 Å². The maximum atomic E-state index is 10.5. The van der Waals surface area contributed by atoms with Crippen LogP contribution in [0.1, 0.15) is 32.1 Å². The molecule has 1 aliphatic carbocycles. The third-order valence-corrected chi connectivity index (χ3v) is 4.00. The number of aliphatic hydroxyl groups is 1. The van der Waals surface area contributed by atoms with Crippen LogP contribution in [0.3, 0.4) is 0 Å². The number of rotatable bonds is 4. The van der Waals surface area contributed by atoms with Crippen LogP contribution in [0.25, 0.3) is 5.65 Å². The van der Waals surface area contributed by atoms with Crippen molar-refractivity contribution in [1.29, 1.82) is 0 Å². The fourth-order valence-corrected chi connectivity index (χ4v) is 2.81. The molecule has 6 nitrogen and oxygen atoms in total. The Hall–Kier alpha value is -1.82. The highest BCUT2D eigenvalue weighted by Crippen LogP contribution is 2.28. The van der Waals surface area contributed by atoms with E-state index in [2.05, 4.69) is 20.6 Å². The van der Waals surface area contributed by atoms with Gasteiger partial charge >= 0.3 is 0 Å². The first-order valence-electron chi connectivity index (χ1n) is 7.18. The van der Waals surface area contributed by atoms with Crippen molar-refractivity contribution < 1.29 is 5.11 Å². The Morgan fingerprint density at radius 2 is 2.15 bits per heavy atom. The molecule has 3 N–H and O–H groups in total. The van der Waals surface area contributed by atoms with Crippen LogP contribution in [0.15, 0.2) is 18.6 Å². The largest absolute Gasteiger partial charge is 0.388 e. The van der Waals surface area contributed by atoms with E-state index in [1.165, 1.54) is 6.42 Å². The van der Waals surface area contributed by atoms with E-state index < -0.39 is 5.60 Å². The first-order valence-corrected chi connectivity index (χ1v) is 7.18. The molecule has 1 fully saturated rings. The number of hydrogen-bond donors (Lipinski definition) is 3. The Kier molecular flexibility index (Phi) is 3.48. The van der Waals surface area contributed by atoms with Crippen LogP contribution in [-0.2, 0) is 0 Å². The normalized spacial score (nSPS) is 18.1. The Bertz CT molecular complexity index is 588. The maximum absolute atomic E-state index is 10.5. The molecule has 0 bridgehead atoms. The summed E-state index contributed by atoms with van der Waals surface area (Å²) in [5.74, 6) is 1.48. The molecule has 108 valence electrons. The molecule has 6 heteroatoms. The first-order chi connectivity index (χ1) is 9.70. The summed E-state index contributed by atoms with van der Waals surface area (Å²) in [5.41, 5.74) is 0.169. The second kappa shape index (κ2) is 5.28. The molecule has 1 aliphatic rings. The molecule has 2 aromatic heterocycles. The van der Waals surface area contributed by atoms with Crippen LogP contribution in [0.4, 0.5) is 11.6 Å². The van der Waals surface area contributed by atoms with Crippen LogP contribution in [0, 0.1) is 0 Å². The molecule has 0 radical (unpaired) electrons. The van der Waals surface area contributed by atoms with Crippen LogP contribution >= 0.6 is 0 Å². The Morgan fingerprint density at radius 3 is 2.90 bits per heavy atom. The highest BCUT2D eigenvalue weighted by Gasteiger charge is 2.29. The van der Waals surface area contributed by atoms with E-state index in [9.17, 15) is 5.11 Å². The summed E-state index contributed by atoms with van der Waals surface area (Å²) in [4.78, 5) is 8.80. The number of hydrogen-bond acceptors (Lipinski definition) is 5. The summed E-state index contributed by atoms with van der Waals surface area (Å²) in [6.07, 6.45) is 10.7. The molecule has 0 saturated heterocycles. The van der Waals surface area contributed by atoms with Gasteiger partial charge in [0.15, 0.2) is 11.5 Å². The second-order valence-corrected chi connectivity index (χ2v) is 5.52. The summed E-state index contributed by atoms with van der Waals surface area (Å²) < 4.78 is 1.92. The second-order valence-electron chi connectivity index (χ2n) is 5.52. The van der Waals surface area contributed by atoms with E-state index in [0.717, 1.165) is 37.1 Å². The zero-order valence-electron chi connectivity index (χ0n) is 11.8. The lowest BCUT2D eigenvalue weighted by molar-refractivity contribution is 0.0167. The molecule has 0 atom stereocenters. The molecule has 1 saturated carbocycles. The minimum atomic E-state index is -0.612. The van der Waals surface area contributed by atoms with Gasteiger partial charge in [-0.3, -0.25) is 0 Å². The molecular formula is C14H21N5O. The van der Waals surface area contributed by atoms with Crippen molar-refractivity contribution in [1.82, 2.24) is 14.4 Å². The molecule has 0 aromatic carbocycles. The van der Waals surface area contributed by atoms with Crippen LogP contribution in [0.2, 0.25) is 0 Å². The van der Waals surface area contributed by atoms with Gasteiger partial charge in [0.25, 0.3) is 0 Å². The average molecular weight is 275 g/mol. The van der Waals surface area contributed by atoms with Crippen molar-refractivity contribution in [2.75, 3.05) is 24.2 Å². The predicted molar refractivity (Wildman–Crippen MR) is 79.1 cm³/mol. The fourth-order valence-electron chi connectivity index (χ4n) is 2.81. The summed E-state index contributed by atoms with van der Waals surface area (Å²) in [7, 11) is 1.84. The minimum Gasteiger partial charge on any atom is -0.388 e. The third-order valence-electron chi connectivity index (χ3n) is 4.00. The molecule has 0 unspecified atom stereocenters. The number of anilines is 2. The van der Waals surface area contributed by atoms with E-state index in [4.69, 9.17) is 0 Å². The van der Waals surface area contributed by atoms with Crippen LogP contribution < -0.4 is 10.6 Å². The molecule has 0 aliphatic heterocycles. The van der Waals surface area contributed by atoms with Crippen molar-refractivity contribution in [3.8, 4) is 0 Å². The van der Waals surface area contributed by atoms with Crippen molar-refractivity contribution in [2.24, 2.45) is 0 Å². The molecule has 20 heavy (non-hydrogen) atoms. The maximum Gasteiger partial charge on any atom is 0.180 e. The minimum absolute atomic E-state index is 0.523.